The molecule has 0 N–H and O–H groups in total. The molecule has 0 bridgehead atoms. The third-order valence-electron chi connectivity index (χ3n) is 4.66. The van der Waals surface area contributed by atoms with Crippen molar-refractivity contribution in [3.05, 3.63) is 18.0 Å². The molecule has 2 atom stereocenters. The van der Waals surface area contributed by atoms with Gasteiger partial charge in [-0.15, -0.1) is 0 Å². The molecule has 0 unspecified atom stereocenters. The van der Waals surface area contributed by atoms with Crippen molar-refractivity contribution in [1.29, 1.82) is 0 Å². The zero-order chi connectivity index (χ0) is 16.6. The monoisotopic (exact) mass is 341 g/mol. The molecular formula is C15H23N3O4S. The number of likely N-dealkylation sites (tertiary alicyclic amines) is 1. The lowest BCUT2D eigenvalue weighted by Gasteiger charge is -2.21. The van der Waals surface area contributed by atoms with E-state index in [0.29, 0.717) is 44.9 Å². The Labute approximate surface area is 136 Å². The topological polar surface area (TPSA) is 83.7 Å². The minimum absolute atomic E-state index is 0.103. The van der Waals surface area contributed by atoms with Gasteiger partial charge in [0.25, 0.3) is 5.91 Å². The van der Waals surface area contributed by atoms with Gasteiger partial charge in [0.15, 0.2) is 0 Å². The summed E-state index contributed by atoms with van der Waals surface area (Å²) in [5.41, 5.74) is 0. The molecule has 2 aliphatic heterocycles. The van der Waals surface area contributed by atoms with Crippen molar-refractivity contribution < 1.29 is 17.7 Å². The van der Waals surface area contributed by atoms with Crippen LogP contribution in [0.5, 0.6) is 0 Å². The highest BCUT2D eigenvalue weighted by atomic mass is 32.2. The Morgan fingerprint density at radius 3 is 2.78 bits per heavy atom. The molecule has 3 heterocycles. The highest BCUT2D eigenvalue weighted by molar-refractivity contribution is 7.90. The second-order valence-electron chi connectivity index (χ2n) is 6.80. The third-order valence-corrected chi connectivity index (χ3v) is 7.07. The maximum atomic E-state index is 12.7. The predicted molar refractivity (Wildman–Crippen MR) is 84.2 cm³/mol. The molecule has 0 radical (unpaired) electrons. The van der Waals surface area contributed by atoms with Gasteiger partial charge in [-0.3, -0.25) is 4.79 Å². The second-order valence-corrected chi connectivity index (χ2v) is 8.95. The summed E-state index contributed by atoms with van der Waals surface area (Å²) in [4.78, 5) is 14.0. The first-order valence-electron chi connectivity index (χ1n) is 8.08. The second kappa shape index (κ2) is 6.24. The average Bonchev–Trinajstić information content (AvgIpc) is 3.01. The molecule has 1 aromatic heterocycles. The van der Waals surface area contributed by atoms with E-state index < -0.39 is 10.0 Å². The van der Waals surface area contributed by atoms with Gasteiger partial charge in [-0.1, -0.05) is 19.0 Å². The number of fused-ring (bicyclic) bond motifs is 1. The SMILES string of the molecule is CC(C)CN1C[C@@H]2CCN(C(=O)c3ccno3)CC[C@@H]2S1(=O)=O. The lowest BCUT2D eigenvalue weighted by atomic mass is 10.0. The van der Waals surface area contributed by atoms with Gasteiger partial charge in [-0.25, -0.2) is 12.7 Å². The van der Waals surface area contributed by atoms with E-state index in [0.717, 1.165) is 0 Å². The third kappa shape index (κ3) is 3.14. The molecule has 0 spiro atoms. The van der Waals surface area contributed by atoms with Crippen LogP contribution in [0.2, 0.25) is 0 Å². The smallest absolute Gasteiger partial charge is 0.292 e. The standard InChI is InChI=1S/C15H23N3O4S/c1-11(2)9-18-10-12-4-7-17(8-5-14(12)23(18,20)21)15(19)13-3-6-16-22-13/h3,6,11-12,14H,4-5,7-10H2,1-2H3/t12-,14-/m0/s1. The highest BCUT2D eigenvalue weighted by Crippen LogP contribution is 2.34. The fourth-order valence-electron chi connectivity index (χ4n) is 3.57. The van der Waals surface area contributed by atoms with Crippen LogP contribution in [0.4, 0.5) is 0 Å². The molecule has 3 rings (SSSR count). The van der Waals surface area contributed by atoms with Gasteiger partial charge in [0.1, 0.15) is 0 Å². The first-order valence-corrected chi connectivity index (χ1v) is 9.59. The number of carbonyl (C=O) groups excluding carboxylic acids is 1. The number of amides is 1. The van der Waals surface area contributed by atoms with Crippen molar-refractivity contribution in [3.8, 4) is 0 Å². The van der Waals surface area contributed by atoms with Gasteiger partial charge in [-0.2, -0.15) is 0 Å². The summed E-state index contributed by atoms with van der Waals surface area (Å²) in [6.07, 6.45) is 2.63. The van der Waals surface area contributed by atoms with Gasteiger partial charge >= 0.3 is 0 Å². The van der Waals surface area contributed by atoms with Crippen LogP contribution in [0.3, 0.4) is 0 Å². The molecule has 2 saturated heterocycles. The van der Waals surface area contributed by atoms with E-state index >= 15 is 0 Å². The van der Waals surface area contributed by atoms with Crippen LogP contribution >= 0.6 is 0 Å². The van der Waals surface area contributed by atoms with E-state index in [9.17, 15) is 13.2 Å². The maximum absolute atomic E-state index is 12.7. The summed E-state index contributed by atoms with van der Waals surface area (Å²) in [6, 6.07) is 1.54. The highest BCUT2D eigenvalue weighted by Gasteiger charge is 2.47. The molecule has 0 saturated carbocycles. The normalized spacial score (nSPS) is 27.9. The van der Waals surface area contributed by atoms with Gasteiger partial charge in [0.2, 0.25) is 15.8 Å². The Balaban J connectivity index is 1.71. The molecule has 2 aliphatic rings. The summed E-state index contributed by atoms with van der Waals surface area (Å²) >= 11 is 0. The molecular weight excluding hydrogens is 318 g/mol. The summed E-state index contributed by atoms with van der Waals surface area (Å²) in [5.74, 6) is 0.420. The van der Waals surface area contributed by atoms with Crippen molar-refractivity contribution in [2.24, 2.45) is 11.8 Å². The Bertz CT molecular complexity index is 656. The lowest BCUT2D eigenvalue weighted by molar-refractivity contribution is 0.0717. The minimum atomic E-state index is -3.25. The Kier molecular flexibility index (Phi) is 4.46. The van der Waals surface area contributed by atoms with E-state index in [1.165, 1.54) is 12.3 Å². The minimum Gasteiger partial charge on any atom is -0.351 e. The summed E-state index contributed by atoms with van der Waals surface area (Å²) < 4.78 is 32.0. The van der Waals surface area contributed by atoms with Crippen LogP contribution in [0.1, 0.15) is 37.2 Å². The first-order chi connectivity index (χ1) is 10.9. The summed E-state index contributed by atoms with van der Waals surface area (Å²) in [5, 5.41) is 3.19. The molecule has 128 valence electrons. The average molecular weight is 341 g/mol. The number of carbonyl (C=O) groups is 1. The number of aromatic nitrogens is 1. The van der Waals surface area contributed by atoms with Crippen molar-refractivity contribution in [3.63, 3.8) is 0 Å². The van der Waals surface area contributed by atoms with Crippen LogP contribution in [0, 0.1) is 11.8 Å². The first kappa shape index (κ1) is 16.4. The number of hydrogen-bond donors (Lipinski definition) is 0. The van der Waals surface area contributed by atoms with Crippen molar-refractivity contribution in [2.45, 2.75) is 31.9 Å². The molecule has 23 heavy (non-hydrogen) atoms. The van der Waals surface area contributed by atoms with Crippen LogP contribution in [-0.2, 0) is 10.0 Å². The molecule has 1 amide bonds. The molecule has 0 aromatic carbocycles. The molecule has 7 nitrogen and oxygen atoms in total. The van der Waals surface area contributed by atoms with E-state index in [-0.39, 0.29) is 22.8 Å². The van der Waals surface area contributed by atoms with Crippen LogP contribution < -0.4 is 0 Å². The summed E-state index contributed by atoms with van der Waals surface area (Å²) in [7, 11) is -3.25. The predicted octanol–water partition coefficient (Wildman–Crippen LogP) is 1.20. The van der Waals surface area contributed by atoms with E-state index in [2.05, 4.69) is 5.16 Å². The largest absolute Gasteiger partial charge is 0.351 e. The Hall–Kier alpha value is -1.41. The fourth-order valence-corrected chi connectivity index (χ4v) is 5.97. The van der Waals surface area contributed by atoms with Crippen LogP contribution in [0.15, 0.2) is 16.8 Å². The quantitative estimate of drug-likeness (QED) is 0.825. The van der Waals surface area contributed by atoms with Gasteiger partial charge in [0, 0.05) is 32.2 Å². The molecule has 1 aromatic rings. The van der Waals surface area contributed by atoms with Gasteiger partial charge in [-0.05, 0) is 24.7 Å². The van der Waals surface area contributed by atoms with Crippen molar-refractivity contribution in [2.75, 3.05) is 26.2 Å². The molecule has 2 fully saturated rings. The summed E-state index contributed by atoms with van der Waals surface area (Å²) in [6.45, 7) is 6.22. The number of rotatable bonds is 3. The zero-order valence-electron chi connectivity index (χ0n) is 13.5. The van der Waals surface area contributed by atoms with Crippen LogP contribution in [0.25, 0.3) is 0 Å². The number of sulfonamides is 1. The molecule has 0 aliphatic carbocycles. The number of nitrogens with zero attached hydrogens (tertiary/aromatic N) is 3. The fraction of sp³-hybridized carbons (Fsp3) is 0.733. The number of hydrogen-bond acceptors (Lipinski definition) is 5. The molecule has 8 heteroatoms. The lowest BCUT2D eigenvalue weighted by Crippen LogP contribution is -2.35. The van der Waals surface area contributed by atoms with Crippen LogP contribution in [-0.4, -0.2) is 60.1 Å². The van der Waals surface area contributed by atoms with Crippen molar-refractivity contribution in [1.82, 2.24) is 14.4 Å². The zero-order valence-corrected chi connectivity index (χ0v) is 14.3. The van der Waals surface area contributed by atoms with E-state index in [4.69, 9.17) is 4.52 Å². The maximum Gasteiger partial charge on any atom is 0.292 e. The van der Waals surface area contributed by atoms with Crippen molar-refractivity contribution >= 4 is 15.9 Å². The van der Waals surface area contributed by atoms with E-state index in [1.807, 2.05) is 13.8 Å². The van der Waals surface area contributed by atoms with Gasteiger partial charge < -0.3 is 9.42 Å². The Morgan fingerprint density at radius 2 is 2.13 bits per heavy atom. The van der Waals surface area contributed by atoms with Gasteiger partial charge in [0.05, 0.1) is 11.4 Å². The Morgan fingerprint density at radius 1 is 1.39 bits per heavy atom. The van der Waals surface area contributed by atoms with E-state index in [1.54, 1.807) is 9.21 Å².